The van der Waals surface area contributed by atoms with Crippen LogP contribution in [0.4, 0.5) is 4.39 Å². The number of ether oxygens (including phenoxy) is 1. The van der Waals surface area contributed by atoms with Crippen LogP contribution in [-0.2, 0) is 4.74 Å². The van der Waals surface area contributed by atoms with Crippen LogP contribution < -0.4 is 5.56 Å². The number of carbonyl (C=O) groups excluding carboxylic acids is 1. The lowest BCUT2D eigenvalue weighted by molar-refractivity contribution is 0.0524. The van der Waals surface area contributed by atoms with Gasteiger partial charge in [-0.3, -0.25) is 9.36 Å². The average Bonchev–Trinajstić information content (AvgIpc) is 2.58. The lowest BCUT2D eigenvalue weighted by atomic mass is 10.1. The largest absolute Gasteiger partial charge is 0.462 e. The fourth-order valence-electron chi connectivity index (χ4n) is 2.57. The van der Waals surface area contributed by atoms with Crippen LogP contribution in [0, 0.1) is 12.7 Å². The second-order valence-electron chi connectivity index (χ2n) is 5.47. The number of benzene rings is 1. The second kappa shape index (κ2) is 7.05. The van der Waals surface area contributed by atoms with Crippen molar-refractivity contribution in [2.24, 2.45) is 0 Å². The van der Waals surface area contributed by atoms with Crippen molar-refractivity contribution in [1.82, 2.24) is 9.55 Å². The molecule has 26 heavy (non-hydrogen) atoms. The molecule has 0 aliphatic carbocycles. The van der Waals surface area contributed by atoms with E-state index in [1.165, 1.54) is 12.1 Å². The minimum Gasteiger partial charge on any atom is -0.462 e. The van der Waals surface area contributed by atoms with Gasteiger partial charge in [0.15, 0.2) is 0 Å². The van der Waals surface area contributed by atoms with Crippen LogP contribution in [0.15, 0.2) is 35.1 Å². The normalized spacial score (nSPS) is 11.0. The fraction of sp³-hybridized carbons (Fsp3) is 0.167. The first-order chi connectivity index (χ1) is 12.3. The number of aromatic nitrogens is 2. The van der Waals surface area contributed by atoms with Crippen LogP contribution in [0.2, 0.25) is 10.0 Å². The average molecular weight is 395 g/mol. The summed E-state index contributed by atoms with van der Waals surface area (Å²) in [6.45, 7) is 3.43. The summed E-state index contributed by atoms with van der Waals surface area (Å²) in [7, 11) is 0. The molecule has 2 aromatic heterocycles. The first-order valence-corrected chi connectivity index (χ1v) is 8.45. The highest BCUT2D eigenvalue weighted by Gasteiger charge is 2.24. The van der Waals surface area contributed by atoms with Gasteiger partial charge in [-0.05, 0) is 44.2 Å². The molecule has 0 saturated heterocycles. The van der Waals surface area contributed by atoms with E-state index in [0.717, 1.165) is 10.6 Å². The Kier molecular flexibility index (Phi) is 4.98. The molecule has 5 nitrogen and oxygen atoms in total. The predicted molar refractivity (Wildman–Crippen MR) is 98.0 cm³/mol. The van der Waals surface area contributed by atoms with Gasteiger partial charge in [0, 0.05) is 11.1 Å². The van der Waals surface area contributed by atoms with E-state index >= 15 is 0 Å². The highest BCUT2D eigenvalue weighted by Crippen LogP contribution is 2.27. The molecule has 0 radical (unpaired) electrons. The lowest BCUT2D eigenvalue weighted by Crippen LogP contribution is -2.28. The van der Waals surface area contributed by atoms with Gasteiger partial charge in [0.25, 0.3) is 5.56 Å². The first-order valence-electron chi connectivity index (χ1n) is 7.69. The third kappa shape index (κ3) is 3.06. The summed E-state index contributed by atoms with van der Waals surface area (Å²) in [5.41, 5.74) is -0.0835. The van der Waals surface area contributed by atoms with Crippen molar-refractivity contribution < 1.29 is 13.9 Å². The van der Waals surface area contributed by atoms with Gasteiger partial charge in [0.05, 0.1) is 22.3 Å². The Morgan fingerprint density at radius 2 is 2.00 bits per heavy atom. The molecule has 0 saturated carbocycles. The van der Waals surface area contributed by atoms with Crippen molar-refractivity contribution in [3.8, 4) is 5.69 Å². The molecule has 8 heteroatoms. The van der Waals surface area contributed by atoms with Crippen molar-refractivity contribution >= 4 is 40.2 Å². The zero-order valence-electron chi connectivity index (χ0n) is 13.8. The summed E-state index contributed by atoms with van der Waals surface area (Å²) in [6, 6.07) is 7.21. The van der Waals surface area contributed by atoms with E-state index in [0.29, 0.717) is 11.1 Å². The smallest absolute Gasteiger partial charge is 0.345 e. The van der Waals surface area contributed by atoms with Gasteiger partial charge in [0.1, 0.15) is 17.0 Å². The summed E-state index contributed by atoms with van der Waals surface area (Å²) < 4.78 is 20.0. The molecule has 134 valence electrons. The maximum Gasteiger partial charge on any atom is 0.345 e. The van der Waals surface area contributed by atoms with E-state index in [4.69, 9.17) is 27.9 Å². The number of carbonyl (C=O) groups is 1. The number of halogens is 3. The van der Waals surface area contributed by atoms with E-state index in [2.05, 4.69) is 4.98 Å². The Morgan fingerprint density at radius 1 is 1.27 bits per heavy atom. The van der Waals surface area contributed by atoms with Gasteiger partial charge in [-0.2, -0.15) is 0 Å². The SMILES string of the molecule is CCOC(=O)c1c(Cl)c2ccc(C)nc2n(-c2ccc(Cl)c(F)c2)c1=O. The van der Waals surface area contributed by atoms with Gasteiger partial charge < -0.3 is 4.74 Å². The number of rotatable bonds is 3. The number of pyridine rings is 2. The van der Waals surface area contributed by atoms with Crippen molar-refractivity contribution in [1.29, 1.82) is 0 Å². The molecule has 2 heterocycles. The highest BCUT2D eigenvalue weighted by atomic mass is 35.5. The quantitative estimate of drug-likeness (QED) is 0.620. The Bertz CT molecular complexity index is 1100. The Labute approximate surface area is 157 Å². The first kappa shape index (κ1) is 18.4. The van der Waals surface area contributed by atoms with Gasteiger partial charge in [0.2, 0.25) is 0 Å². The Balaban J connectivity index is 2.46. The Hall–Kier alpha value is -2.44. The molecule has 0 unspecified atom stereocenters. The van der Waals surface area contributed by atoms with Crippen LogP contribution in [0.1, 0.15) is 23.0 Å². The summed E-state index contributed by atoms with van der Waals surface area (Å²) in [4.78, 5) is 29.6. The third-order valence-corrected chi connectivity index (χ3v) is 4.44. The molecular formula is C18H13Cl2FN2O3. The number of hydrogen-bond acceptors (Lipinski definition) is 4. The van der Waals surface area contributed by atoms with Crippen LogP contribution >= 0.6 is 23.2 Å². The molecule has 0 spiro atoms. The van der Waals surface area contributed by atoms with E-state index < -0.39 is 17.3 Å². The van der Waals surface area contributed by atoms with Gasteiger partial charge in [-0.25, -0.2) is 14.2 Å². The van der Waals surface area contributed by atoms with Crippen molar-refractivity contribution in [2.45, 2.75) is 13.8 Å². The number of aryl methyl sites for hydroxylation is 1. The van der Waals surface area contributed by atoms with E-state index in [1.807, 2.05) is 0 Å². The number of fused-ring (bicyclic) bond motifs is 1. The fourth-order valence-corrected chi connectivity index (χ4v) is 2.99. The summed E-state index contributed by atoms with van der Waals surface area (Å²) in [5, 5.41) is 0.228. The molecule has 0 aliphatic rings. The van der Waals surface area contributed by atoms with Crippen LogP contribution in [0.3, 0.4) is 0 Å². The van der Waals surface area contributed by atoms with Gasteiger partial charge in [-0.1, -0.05) is 23.2 Å². The molecule has 0 fully saturated rings. The zero-order chi connectivity index (χ0) is 19.0. The minimum absolute atomic E-state index is 0.0540. The maximum atomic E-state index is 13.9. The third-order valence-electron chi connectivity index (χ3n) is 3.74. The molecule has 3 aromatic rings. The maximum absolute atomic E-state index is 13.9. The standard InChI is InChI=1S/C18H13Cl2FN2O3/c1-3-26-18(25)14-15(20)11-6-4-9(2)22-16(11)23(17(14)24)10-5-7-12(19)13(21)8-10/h4-8H,3H2,1-2H3. The van der Waals surface area contributed by atoms with Crippen LogP contribution in [0.25, 0.3) is 16.7 Å². The molecular weight excluding hydrogens is 382 g/mol. The molecule has 0 aliphatic heterocycles. The molecule has 1 aromatic carbocycles. The molecule has 0 N–H and O–H groups in total. The monoisotopic (exact) mass is 394 g/mol. The van der Waals surface area contributed by atoms with E-state index in [1.54, 1.807) is 26.0 Å². The summed E-state index contributed by atoms with van der Waals surface area (Å²) >= 11 is 12.0. The molecule has 0 amide bonds. The number of hydrogen-bond donors (Lipinski definition) is 0. The number of esters is 1. The molecule has 0 bridgehead atoms. The minimum atomic E-state index is -0.854. The highest BCUT2D eigenvalue weighted by molar-refractivity contribution is 6.38. The predicted octanol–water partition coefficient (Wildman–Crippen LogP) is 4.32. The van der Waals surface area contributed by atoms with Crippen LogP contribution in [0.5, 0.6) is 0 Å². The van der Waals surface area contributed by atoms with Gasteiger partial charge >= 0.3 is 5.97 Å². The lowest BCUT2D eigenvalue weighted by Gasteiger charge is -2.14. The van der Waals surface area contributed by atoms with Crippen molar-refractivity contribution in [3.63, 3.8) is 0 Å². The van der Waals surface area contributed by atoms with E-state index in [-0.39, 0.29) is 33.6 Å². The summed E-state index contributed by atoms with van der Waals surface area (Å²) in [5.74, 6) is -1.56. The van der Waals surface area contributed by atoms with E-state index in [9.17, 15) is 14.0 Å². The topological polar surface area (TPSA) is 61.2 Å². The molecule has 3 rings (SSSR count). The van der Waals surface area contributed by atoms with Gasteiger partial charge in [-0.15, -0.1) is 0 Å². The van der Waals surface area contributed by atoms with Crippen molar-refractivity contribution in [2.75, 3.05) is 6.61 Å². The number of nitrogens with zero attached hydrogens (tertiary/aromatic N) is 2. The van der Waals surface area contributed by atoms with Crippen LogP contribution in [-0.4, -0.2) is 22.1 Å². The Morgan fingerprint density at radius 3 is 2.65 bits per heavy atom. The second-order valence-corrected chi connectivity index (χ2v) is 6.26. The summed E-state index contributed by atoms with van der Waals surface area (Å²) in [6.07, 6.45) is 0. The zero-order valence-corrected chi connectivity index (χ0v) is 15.4. The molecule has 0 atom stereocenters. The van der Waals surface area contributed by atoms with Crippen molar-refractivity contribution in [3.05, 3.63) is 67.8 Å².